The molecular formula is C19H29N3O4. The molecule has 1 amide bonds. The van der Waals surface area contributed by atoms with Gasteiger partial charge in [-0.2, -0.15) is 0 Å². The Bertz CT molecular complexity index is 723. The highest BCUT2D eigenvalue weighted by molar-refractivity contribution is 6.00. The van der Waals surface area contributed by atoms with Crippen LogP contribution >= 0.6 is 0 Å². The molecule has 1 aliphatic rings. The van der Waals surface area contributed by atoms with Gasteiger partial charge in [0.1, 0.15) is 0 Å². The van der Waals surface area contributed by atoms with Gasteiger partial charge < -0.3 is 15.0 Å². The summed E-state index contributed by atoms with van der Waals surface area (Å²) >= 11 is 0. The van der Waals surface area contributed by atoms with Gasteiger partial charge in [-0.1, -0.05) is 20.8 Å². The SMILES string of the molecule is CCOCCN1CCc2c(C)c([N+](=O)[O-])c(C)c(NC(=O)C(C)(C)C)c21. The van der Waals surface area contributed by atoms with Crippen LogP contribution in [0.1, 0.15) is 44.4 Å². The Labute approximate surface area is 154 Å². The second kappa shape index (κ2) is 7.61. The summed E-state index contributed by atoms with van der Waals surface area (Å²) < 4.78 is 5.47. The molecule has 0 radical (unpaired) electrons. The molecule has 1 aromatic rings. The molecule has 2 rings (SSSR count). The molecule has 0 aromatic heterocycles. The maximum Gasteiger partial charge on any atom is 0.277 e. The van der Waals surface area contributed by atoms with Crippen molar-refractivity contribution >= 4 is 23.0 Å². The van der Waals surface area contributed by atoms with E-state index in [2.05, 4.69) is 10.2 Å². The molecule has 1 N–H and O–H groups in total. The van der Waals surface area contributed by atoms with Gasteiger partial charge in [0.15, 0.2) is 0 Å². The van der Waals surface area contributed by atoms with Crippen LogP contribution in [-0.4, -0.2) is 37.1 Å². The third-order valence-electron chi connectivity index (χ3n) is 4.82. The summed E-state index contributed by atoms with van der Waals surface area (Å²) in [7, 11) is 0. The van der Waals surface area contributed by atoms with E-state index in [1.54, 1.807) is 13.8 Å². The van der Waals surface area contributed by atoms with Crippen LogP contribution in [0.3, 0.4) is 0 Å². The molecule has 1 aromatic carbocycles. The van der Waals surface area contributed by atoms with Gasteiger partial charge in [0, 0.05) is 30.7 Å². The van der Waals surface area contributed by atoms with Crippen molar-refractivity contribution in [1.82, 2.24) is 0 Å². The largest absolute Gasteiger partial charge is 0.380 e. The number of fused-ring (bicyclic) bond motifs is 1. The van der Waals surface area contributed by atoms with E-state index in [9.17, 15) is 14.9 Å². The molecule has 0 bridgehead atoms. The third kappa shape index (κ3) is 3.82. The van der Waals surface area contributed by atoms with Gasteiger partial charge in [0.05, 0.1) is 28.5 Å². The molecule has 0 spiro atoms. The number of ether oxygens (including phenoxy) is 1. The van der Waals surface area contributed by atoms with Crippen LogP contribution in [-0.2, 0) is 16.0 Å². The summed E-state index contributed by atoms with van der Waals surface area (Å²) in [5, 5.41) is 14.6. The zero-order valence-corrected chi connectivity index (χ0v) is 16.6. The second-order valence-electron chi connectivity index (χ2n) is 7.70. The Kier molecular flexibility index (Phi) is 5.91. The first-order valence-electron chi connectivity index (χ1n) is 9.04. The molecule has 0 saturated heterocycles. The van der Waals surface area contributed by atoms with Crippen molar-refractivity contribution in [2.24, 2.45) is 5.41 Å². The maximum absolute atomic E-state index is 12.6. The van der Waals surface area contributed by atoms with Crippen LogP contribution in [0.15, 0.2) is 0 Å². The normalized spacial score (nSPS) is 13.7. The first-order valence-corrected chi connectivity index (χ1v) is 9.04. The zero-order chi connectivity index (χ0) is 19.6. The predicted molar refractivity (Wildman–Crippen MR) is 103 cm³/mol. The molecule has 0 atom stereocenters. The lowest BCUT2D eigenvalue weighted by atomic mass is 9.93. The fourth-order valence-corrected chi connectivity index (χ4v) is 3.33. The number of nitro groups is 1. The average molecular weight is 363 g/mol. The molecule has 0 saturated carbocycles. The monoisotopic (exact) mass is 363 g/mol. The Hall–Kier alpha value is -2.15. The highest BCUT2D eigenvalue weighted by Gasteiger charge is 2.34. The molecule has 0 aliphatic carbocycles. The fourth-order valence-electron chi connectivity index (χ4n) is 3.33. The first-order chi connectivity index (χ1) is 12.1. The summed E-state index contributed by atoms with van der Waals surface area (Å²) in [4.78, 5) is 26.0. The quantitative estimate of drug-likeness (QED) is 0.474. The van der Waals surface area contributed by atoms with Crippen molar-refractivity contribution in [1.29, 1.82) is 0 Å². The Morgan fingerprint density at radius 3 is 2.50 bits per heavy atom. The van der Waals surface area contributed by atoms with E-state index >= 15 is 0 Å². The topological polar surface area (TPSA) is 84.7 Å². The van der Waals surface area contributed by atoms with Gasteiger partial charge in [0.2, 0.25) is 5.91 Å². The van der Waals surface area contributed by atoms with Crippen molar-refractivity contribution in [3.05, 3.63) is 26.8 Å². The molecule has 7 heteroatoms. The van der Waals surface area contributed by atoms with Gasteiger partial charge in [-0.05, 0) is 32.8 Å². The molecular weight excluding hydrogens is 334 g/mol. The molecule has 1 heterocycles. The highest BCUT2D eigenvalue weighted by Crippen LogP contribution is 2.45. The lowest BCUT2D eigenvalue weighted by Crippen LogP contribution is -2.30. The highest BCUT2D eigenvalue weighted by atomic mass is 16.6. The van der Waals surface area contributed by atoms with Crippen molar-refractivity contribution < 1.29 is 14.5 Å². The molecule has 0 fully saturated rings. The first kappa shape index (κ1) is 20.2. The van der Waals surface area contributed by atoms with E-state index in [1.165, 1.54) is 0 Å². The van der Waals surface area contributed by atoms with Gasteiger partial charge >= 0.3 is 0 Å². The van der Waals surface area contributed by atoms with Gasteiger partial charge in [-0.15, -0.1) is 0 Å². The van der Waals surface area contributed by atoms with Crippen LogP contribution in [0.5, 0.6) is 0 Å². The molecule has 7 nitrogen and oxygen atoms in total. The van der Waals surface area contributed by atoms with Crippen molar-refractivity contribution in [3.63, 3.8) is 0 Å². The van der Waals surface area contributed by atoms with Crippen molar-refractivity contribution in [2.45, 2.75) is 48.0 Å². The van der Waals surface area contributed by atoms with Crippen molar-refractivity contribution in [3.8, 4) is 0 Å². The summed E-state index contributed by atoms with van der Waals surface area (Å²) in [5.41, 5.74) is 3.12. The summed E-state index contributed by atoms with van der Waals surface area (Å²) in [6, 6.07) is 0. The van der Waals surface area contributed by atoms with E-state index in [4.69, 9.17) is 4.74 Å². The number of amides is 1. The number of nitro benzene ring substituents is 1. The van der Waals surface area contributed by atoms with Crippen molar-refractivity contribution in [2.75, 3.05) is 36.5 Å². The average Bonchev–Trinajstić information content (AvgIpc) is 2.94. The second-order valence-corrected chi connectivity index (χ2v) is 7.70. The number of nitrogens with zero attached hydrogens (tertiary/aromatic N) is 2. The third-order valence-corrected chi connectivity index (χ3v) is 4.82. The smallest absolute Gasteiger partial charge is 0.277 e. The number of hydrogen-bond acceptors (Lipinski definition) is 5. The fraction of sp³-hybridized carbons (Fsp3) is 0.632. The van der Waals surface area contributed by atoms with Crippen LogP contribution < -0.4 is 10.2 Å². The summed E-state index contributed by atoms with van der Waals surface area (Å²) in [6.45, 7) is 13.6. The Morgan fingerprint density at radius 2 is 1.96 bits per heavy atom. The van der Waals surface area contributed by atoms with Crippen LogP contribution in [0.2, 0.25) is 0 Å². The summed E-state index contributed by atoms with van der Waals surface area (Å²) in [6.07, 6.45) is 0.729. The number of rotatable bonds is 6. The zero-order valence-electron chi connectivity index (χ0n) is 16.6. The van der Waals surface area contributed by atoms with Crippen LogP contribution in [0, 0.1) is 29.4 Å². The molecule has 0 unspecified atom stereocenters. The van der Waals surface area contributed by atoms with E-state index < -0.39 is 5.41 Å². The Morgan fingerprint density at radius 1 is 1.31 bits per heavy atom. The number of benzene rings is 1. The number of nitrogens with one attached hydrogen (secondary N) is 1. The van der Waals surface area contributed by atoms with Crippen LogP contribution in [0.4, 0.5) is 17.1 Å². The van der Waals surface area contributed by atoms with E-state index in [0.717, 1.165) is 24.2 Å². The van der Waals surface area contributed by atoms with Gasteiger partial charge in [0.25, 0.3) is 5.69 Å². The number of anilines is 2. The van der Waals surface area contributed by atoms with Gasteiger partial charge in [-0.3, -0.25) is 14.9 Å². The Balaban J connectivity index is 2.56. The van der Waals surface area contributed by atoms with Crippen LogP contribution in [0.25, 0.3) is 0 Å². The summed E-state index contributed by atoms with van der Waals surface area (Å²) in [5.74, 6) is -0.155. The molecule has 1 aliphatic heterocycles. The number of hydrogen-bond donors (Lipinski definition) is 1. The minimum Gasteiger partial charge on any atom is -0.380 e. The van der Waals surface area contributed by atoms with E-state index in [0.29, 0.717) is 36.6 Å². The van der Waals surface area contributed by atoms with E-state index in [1.807, 2.05) is 27.7 Å². The molecule has 26 heavy (non-hydrogen) atoms. The van der Waals surface area contributed by atoms with Gasteiger partial charge in [-0.25, -0.2) is 0 Å². The standard InChI is InChI=1S/C19H29N3O4/c1-7-26-11-10-21-9-8-14-12(2)16(22(24)25)13(3)15(17(14)21)20-18(23)19(4,5)6/h7-11H2,1-6H3,(H,20,23). The lowest BCUT2D eigenvalue weighted by Gasteiger charge is -2.26. The predicted octanol–water partition coefficient (Wildman–Crippen LogP) is 3.60. The lowest BCUT2D eigenvalue weighted by molar-refractivity contribution is -0.386. The number of carbonyl (C=O) groups excluding carboxylic acids is 1. The minimum atomic E-state index is -0.590. The maximum atomic E-state index is 12.6. The number of carbonyl (C=O) groups is 1. The minimum absolute atomic E-state index is 0.0969. The molecule has 144 valence electrons. The van der Waals surface area contributed by atoms with E-state index in [-0.39, 0.29) is 16.5 Å².